The van der Waals surface area contributed by atoms with E-state index in [9.17, 15) is 4.79 Å². The summed E-state index contributed by atoms with van der Waals surface area (Å²) < 4.78 is 5.12. The molecule has 0 aromatic carbocycles. The minimum atomic E-state index is -0.276. The molecule has 0 aromatic heterocycles. The van der Waals surface area contributed by atoms with Crippen LogP contribution < -0.4 is 5.32 Å². The Morgan fingerprint density at radius 2 is 2.55 bits per heavy atom. The highest BCUT2D eigenvalue weighted by Gasteiger charge is 2.22. The number of carbonyl (C=O) groups is 1. The number of hydrogen-bond acceptors (Lipinski definition) is 3. The lowest BCUT2D eigenvalue weighted by Crippen LogP contribution is -2.35. The summed E-state index contributed by atoms with van der Waals surface area (Å²) in [5.74, 6) is -0.100. The van der Waals surface area contributed by atoms with Crippen LogP contribution in [-0.2, 0) is 9.53 Å². The van der Waals surface area contributed by atoms with Gasteiger partial charge in [-0.05, 0) is 12.8 Å². The van der Waals surface area contributed by atoms with E-state index in [1.807, 2.05) is 0 Å². The number of hydrogen-bond donors (Lipinski definition) is 2. The van der Waals surface area contributed by atoms with Crippen molar-refractivity contribution in [3.05, 3.63) is 0 Å². The van der Waals surface area contributed by atoms with Gasteiger partial charge in [0.25, 0.3) is 0 Å². The highest BCUT2D eigenvalue weighted by molar-refractivity contribution is 5.80. The summed E-state index contributed by atoms with van der Waals surface area (Å²) in [6.45, 7) is 0.981. The molecule has 1 aliphatic rings. The molecule has 64 valence electrons. The summed E-state index contributed by atoms with van der Waals surface area (Å²) in [6, 6.07) is 0. The molecule has 1 amide bonds. The van der Waals surface area contributed by atoms with Gasteiger partial charge in [0, 0.05) is 13.2 Å². The first-order chi connectivity index (χ1) is 5.34. The molecule has 0 unspecified atom stereocenters. The maximum Gasteiger partial charge on any atom is 0.249 e. The van der Waals surface area contributed by atoms with Crippen LogP contribution >= 0.6 is 0 Å². The van der Waals surface area contributed by atoms with E-state index in [1.54, 1.807) is 0 Å². The Balaban J connectivity index is 2.17. The Morgan fingerprint density at radius 3 is 3.09 bits per heavy atom. The molecular formula is C7H13NO3. The van der Waals surface area contributed by atoms with Gasteiger partial charge >= 0.3 is 0 Å². The maximum absolute atomic E-state index is 11.1. The van der Waals surface area contributed by atoms with E-state index in [4.69, 9.17) is 9.84 Å². The predicted octanol–water partition coefficient (Wildman–Crippen LogP) is -0.726. The second-order valence-corrected chi connectivity index (χ2v) is 2.52. The van der Waals surface area contributed by atoms with Crippen LogP contribution in [0.4, 0.5) is 0 Å². The molecule has 1 atom stereocenters. The fourth-order valence-corrected chi connectivity index (χ4v) is 1.08. The van der Waals surface area contributed by atoms with Crippen molar-refractivity contribution in [2.75, 3.05) is 19.8 Å². The van der Waals surface area contributed by atoms with Crippen LogP contribution in [0, 0.1) is 0 Å². The summed E-state index contributed by atoms with van der Waals surface area (Å²) in [4.78, 5) is 11.1. The van der Waals surface area contributed by atoms with Gasteiger partial charge in [-0.25, -0.2) is 0 Å². The van der Waals surface area contributed by atoms with Crippen LogP contribution in [0.3, 0.4) is 0 Å². The van der Waals surface area contributed by atoms with E-state index >= 15 is 0 Å². The molecule has 1 fully saturated rings. The molecule has 0 spiro atoms. The highest BCUT2D eigenvalue weighted by atomic mass is 16.5. The van der Waals surface area contributed by atoms with Gasteiger partial charge in [-0.15, -0.1) is 0 Å². The van der Waals surface area contributed by atoms with Crippen molar-refractivity contribution >= 4 is 5.91 Å². The number of aliphatic hydroxyl groups is 1. The zero-order valence-electron chi connectivity index (χ0n) is 6.38. The number of ether oxygens (including phenoxy) is 1. The smallest absolute Gasteiger partial charge is 0.249 e. The predicted molar refractivity (Wildman–Crippen MR) is 39.1 cm³/mol. The molecule has 0 radical (unpaired) electrons. The standard InChI is InChI=1S/C7H13NO3/c9-4-3-8-7(10)6-2-1-5-11-6/h6,9H,1-5H2,(H,8,10)/t6-/m0/s1. The van der Waals surface area contributed by atoms with Crippen LogP contribution in [0.2, 0.25) is 0 Å². The van der Waals surface area contributed by atoms with Gasteiger partial charge in [0.2, 0.25) is 5.91 Å². The average Bonchev–Trinajstić information content (AvgIpc) is 2.52. The molecule has 0 bridgehead atoms. The van der Waals surface area contributed by atoms with Crippen LogP contribution in [-0.4, -0.2) is 36.9 Å². The van der Waals surface area contributed by atoms with Crippen LogP contribution in [0.5, 0.6) is 0 Å². The molecule has 11 heavy (non-hydrogen) atoms. The number of rotatable bonds is 3. The van der Waals surface area contributed by atoms with Crippen molar-refractivity contribution in [3.63, 3.8) is 0 Å². The lowest BCUT2D eigenvalue weighted by molar-refractivity contribution is -0.130. The number of amides is 1. The van der Waals surface area contributed by atoms with Gasteiger partial charge in [-0.3, -0.25) is 4.79 Å². The zero-order chi connectivity index (χ0) is 8.10. The molecule has 2 N–H and O–H groups in total. The normalized spacial score (nSPS) is 23.5. The van der Waals surface area contributed by atoms with Crippen molar-refractivity contribution < 1.29 is 14.6 Å². The van der Waals surface area contributed by atoms with Crippen molar-refractivity contribution in [2.24, 2.45) is 0 Å². The molecule has 1 saturated heterocycles. The SMILES string of the molecule is O=C(NCCO)[C@@H]1CCCO1. The van der Waals surface area contributed by atoms with E-state index in [0.29, 0.717) is 13.2 Å². The minimum absolute atomic E-state index is 0.0154. The van der Waals surface area contributed by atoms with Crippen molar-refractivity contribution in [2.45, 2.75) is 18.9 Å². The minimum Gasteiger partial charge on any atom is -0.395 e. The quantitative estimate of drug-likeness (QED) is 0.571. The molecule has 1 aliphatic heterocycles. The fourth-order valence-electron chi connectivity index (χ4n) is 1.08. The van der Waals surface area contributed by atoms with Gasteiger partial charge in [0.1, 0.15) is 6.10 Å². The fraction of sp³-hybridized carbons (Fsp3) is 0.857. The Bertz CT molecular complexity index is 132. The van der Waals surface area contributed by atoms with Crippen molar-refractivity contribution in [1.29, 1.82) is 0 Å². The Morgan fingerprint density at radius 1 is 1.73 bits per heavy atom. The Labute approximate surface area is 65.5 Å². The third-order valence-electron chi connectivity index (χ3n) is 1.63. The third-order valence-corrected chi connectivity index (χ3v) is 1.63. The van der Waals surface area contributed by atoms with E-state index in [2.05, 4.69) is 5.32 Å². The number of nitrogens with one attached hydrogen (secondary N) is 1. The third kappa shape index (κ3) is 2.48. The topological polar surface area (TPSA) is 58.6 Å². The molecule has 1 heterocycles. The monoisotopic (exact) mass is 159 g/mol. The molecular weight excluding hydrogens is 146 g/mol. The molecule has 0 aromatic rings. The zero-order valence-corrected chi connectivity index (χ0v) is 6.38. The largest absolute Gasteiger partial charge is 0.395 e. The van der Waals surface area contributed by atoms with E-state index in [1.165, 1.54) is 0 Å². The Kier molecular flexibility index (Phi) is 3.32. The van der Waals surface area contributed by atoms with Crippen molar-refractivity contribution in [3.8, 4) is 0 Å². The average molecular weight is 159 g/mol. The Hall–Kier alpha value is -0.610. The lowest BCUT2D eigenvalue weighted by Gasteiger charge is -2.08. The summed E-state index contributed by atoms with van der Waals surface area (Å²) >= 11 is 0. The molecule has 0 aliphatic carbocycles. The van der Waals surface area contributed by atoms with Gasteiger partial charge in [0.05, 0.1) is 6.61 Å². The molecule has 1 rings (SSSR count). The summed E-state index contributed by atoms with van der Waals surface area (Å²) in [6.07, 6.45) is 1.48. The molecule has 0 saturated carbocycles. The van der Waals surface area contributed by atoms with E-state index < -0.39 is 0 Å². The van der Waals surface area contributed by atoms with Gasteiger partial charge in [-0.2, -0.15) is 0 Å². The maximum atomic E-state index is 11.1. The first-order valence-corrected chi connectivity index (χ1v) is 3.85. The number of carbonyl (C=O) groups excluding carboxylic acids is 1. The van der Waals surface area contributed by atoms with Gasteiger partial charge < -0.3 is 15.2 Å². The molecule has 4 heteroatoms. The first-order valence-electron chi connectivity index (χ1n) is 3.85. The highest BCUT2D eigenvalue weighted by Crippen LogP contribution is 2.11. The van der Waals surface area contributed by atoms with Gasteiger partial charge in [-0.1, -0.05) is 0 Å². The van der Waals surface area contributed by atoms with E-state index in [-0.39, 0.29) is 18.6 Å². The van der Waals surface area contributed by atoms with Crippen LogP contribution in [0.15, 0.2) is 0 Å². The van der Waals surface area contributed by atoms with Crippen molar-refractivity contribution in [1.82, 2.24) is 5.32 Å². The summed E-state index contributed by atoms with van der Waals surface area (Å²) in [5.41, 5.74) is 0. The summed E-state index contributed by atoms with van der Waals surface area (Å²) in [5, 5.41) is 11.0. The van der Waals surface area contributed by atoms with E-state index in [0.717, 1.165) is 12.8 Å². The van der Waals surface area contributed by atoms with Crippen LogP contribution in [0.1, 0.15) is 12.8 Å². The first kappa shape index (κ1) is 8.49. The molecule has 4 nitrogen and oxygen atoms in total. The second kappa shape index (κ2) is 4.31. The number of aliphatic hydroxyl groups excluding tert-OH is 1. The summed E-state index contributed by atoms with van der Waals surface area (Å²) in [7, 11) is 0. The second-order valence-electron chi connectivity index (χ2n) is 2.52. The lowest BCUT2D eigenvalue weighted by atomic mass is 10.2. The van der Waals surface area contributed by atoms with Gasteiger partial charge in [0.15, 0.2) is 0 Å². The van der Waals surface area contributed by atoms with Crippen LogP contribution in [0.25, 0.3) is 0 Å².